The van der Waals surface area contributed by atoms with E-state index in [1.54, 1.807) is 6.07 Å². The normalized spacial score (nSPS) is 10.3. The quantitative estimate of drug-likeness (QED) is 0.778. The monoisotopic (exact) mass is 277 g/mol. The molecule has 1 aromatic carbocycles. The molecule has 2 heterocycles. The molecule has 0 radical (unpaired) electrons. The van der Waals surface area contributed by atoms with Gasteiger partial charge in [-0.05, 0) is 18.2 Å². The number of rotatable bonds is 2. The van der Waals surface area contributed by atoms with Crippen molar-refractivity contribution in [2.24, 2.45) is 0 Å². The zero-order valence-corrected chi connectivity index (χ0v) is 11.2. The number of nitrogens with zero attached hydrogens (tertiary/aromatic N) is 4. The summed E-state index contributed by atoms with van der Waals surface area (Å²) in [5.41, 5.74) is 1.11. The van der Waals surface area contributed by atoms with Crippen molar-refractivity contribution in [2.75, 3.05) is 5.32 Å². The van der Waals surface area contributed by atoms with E-state index in [9.17, 15) is 4.79 Å². The van der Waals surface area contributed by atoms with Gasteiger partial charge in [-0.2, -0.15) is 15.0 Å². The molecule has 3 aromatic rings. The van der Waals surface area contributed by atoms with Crippen LogP contribution < -0.4 is 5.32 Å². The molecule has 0 saturated carbocycles. The van der Waals surface area contributed by atoms with E-state index >= 15 is 0 Å². The Morgan fingerprint density at radius 3 is 2.86 bits per heavy atom. The molecule has 6 heteroatoms. The first-order valence-electron chi connectivity index (χ1n) is 6.31. The maximum atomic E-state index is 11.3. The number of benzene rings is 1. The average molecular weight is 277 g/mol. The Balaban J connectivity index is 2.16. The highest BCUT2D eigenvalue weighted by Gasteiger charge is 2.14. The number of hydrogen-bond acceptors (Lipinski definition) is 4. The van der Waals surface area contributed by atoms with Crippen molar-refractivity contribution >= 4 is 22.6 Å². The number of aromatic nitrogens is 3. The van der Waals surface area contributed by atoms with Crippen molar-refractivity contribution in [1.29, 1.82) is 5.26 Å². The van der Waals surface area contributed by atoms with Crippen LogP contribution >= 0.6 is 0 Å². The molecule has 102 valence electrons. The Bertz CT molecular complexity index is 875. The summed E-state index contributed by atoms with van der Waals surface area (Å²) in [6.45, 7) is 1.38. The van der Waals surface area contributed by atoms with Crippen LogP contribution in [0.1, 0.15) is 12.5 Å². The summed E-state index contributed by atoms with van der Waals surface area (Å²) in [6, 6.07) is 13.4. The molecule has 2 aromatic heterocycles. The second-order valence-electron chi connectivity index (χ2n) is 4.47. The molecule has 1 amide bonds. The lowest BCUT2D eigenvalue weighted by molar-refractivity contribution is -0.114. The molecule has 0 aliphatic rings. The second-order valence-corrected chi connectivity index (χ2v) is 4.47. The van der Waals surface area contributed by atoms with Crippen molar-refractivity contribution < 1.29 is 4.79 Å². The van der Waals surface area contributed by atoms with Gasteiger partial charge >= 0.3 is 0 Å². The van der Waals surface area contributed by atoms with Gasteiger partial charge in [-0.25, -0.2) is 4.98 Å². The van der Waals surface area contributed by atoms with Crippen molar-refractivity contribution in [3.05, 3.63) is 48.2 Å². The number of carbonyl (C=O) groups is 1. The van der Waals surface area contributed by atoms with Gasteiger partial charge in [0.05, 0.1) is 11.7 Å². The van der Waals surface area contributed by atoms with Crippen LogP contribution in [0.2, 0.25) is 0 Å². The lowest BCUT2D eigenvalue weighted by Gasteiger charge is -2.08. The number of pyridine rings is 1. The third-order valence-corrected chi connectivity index (χ3v) is 2.98. The van der Waals surface area contributed by atoms with Gasteiger partial charge in [0.2, 0.25) is 5.91 Å². The number of nitriles is 1. The maximum absolute atomic E-state index is 11.3. The number of hydrogen-bond donors (Lipinski definition) is 1. The van der Waals surface area contributed by atoms with E-state index in [-0.39, 0.29) is 5.91 Å². The van der Waals surface area contributed by atoms with E-state index < -0.39 is 0 Å². The average Bonchev–Trinajstić information content (AvgIpc) is 2.88. The second kappa shape index (κ2) is 5.06. The third-order valence-electron chi connectivity index (χ3n) is 2.98. The first-order chi connectivity index (χ1) is 10.2. The maximum Gasteiger partial charge on any atom is 0.222 e. The van der Waals surface area contributed by atoms with Gasteiger partial charge in [0, 0.05) is 12.3 Å². The molecule has 0 aliphatic carbocycles. The zero-order valence-electron chi connectivity index (χ0n) is 11.2. The van der Waals surface area contributed by atoms with E-state index in [4.69, 9.17) is 5.26 Å². The summed E-state index contributed by atoms with van der Waals surface area (Å²) >= 11 is 0. The van der Waals surface area contributed by atoms with Crippen LogP contribution in [0.5, 0.6) is 0 Å². The topological polar surface area (TPSA) is 83.6 Å². The molecule has 0 unspecified atom stereocenters. The fraction of sp³-hybridized carbons (Fsp3) is 0.0667. The number of anilines is 1. The van der Waals surface area contributed by atoms with Crippen LogP contribution in [0.3, 0.4) is 0 Å². The molecule has 0 spiro atoms. The fourth-order valence-corrected chi connectivity index (χ4v) is 2.06. The fourth-order valence-electron chi connectivity index (χ4n) is 2.06. The molecular weight excluding hydrogens is 266 g/mol. The van der Waals surface area contributed by atoms with Gasteiger partial charge in [0.15, 0.2) is 11.6 Å². The molecule has 3 rings (SSSR count). The van der Waals surface area contributed by atoms with Gasteiger partial charge in [-0.15, -0.1) is 0 Å². The molecular formula is C15H11N5O. The number of amides is 1. The lowest BCUT2D eigenvalue weighted by Crippen LogP contribution is -2.12. The van der Waals surface area contributed by atoms with Crippen molar-refractivity contribution in [2.45, 2.75) is 6.92 Å². The summed E-state index contributed by atoms with van der Waals surface area (Å²) in [4.78, 5) is 15.8. The minimum absolute atomic E-state index is 0.269. The Hall–Kier alpha value is -3.20. The van der Waals surface area contributed by atoms with Gasteiger partial charge in [0.25, 0.3) is 0 Å². The summed E-state index contributed by atoms with van der Waals surface area (Å²) in [5.74, 6) is 0.598. The van der Waals surface area contributed by atoms with E-state index in [0.29, 0.717) is 17.2 Å². The third kappa shape index (κ3) is 2.32. The SMILES string of the molecule is CC(=O)Nc1c(C#N)cnn1-c1ccc2ccccc2n1. The smallest absolute Gasteiger partial charge is 0.222 e. The lowest BCUT2D eigenvalue weighted by atomic mass is 10.2. The van der Waals surface area contributed by atoms with E-state index in [1.807, 2.05) is 36.4 Å². The summed E-state index contributed by atoms with van der Waals surface area (Å²) < 4.78 is 1.45. The minimum Gasteiger partial charge on any atom is -0.310 e. The highest BCUT2D eigenvalue weighted by molar-refractivity contribution is 5.89. The van der Waals surface area contributed by atoms with Crippen LogP contribution in [-0.4, -0.2) is 20.7 Å². The molecule has 0 bridgehead atoms. The van der Waals surface area contributed by atoms with Crippen molar-refractivity contribution in [3.63, 3.8) is 0 Å². The summed E-state index contributed by atoms with van der Waals surface area (Å²) in [7, 11) is 0. The van der Waals surface area contributed by atoms with Crippen LogP contribution in [0.15, 0.2) is 42.6 Å². The Labute approximate surface area is 120 Å². The molecule has 21 heavy (non-hydrogen) atoms. The Kier molecular flexibility index (Phi) is 3.09. The standard InChI is InChI=1S/C15H11N5O/c1-10(21)18-15-12(8-16)9-17-20(15)14-7-6-11-4-2-3-5-13(11)19-14/h2-7,9H,1H3,(H,18,21). The summed E-state index contributed by atoms with van der Waals surface area (Å²) in [6.07, 6.45) is 1.40. The molecule has 0 saturated heterocycles. The number of nitrogens with one attached hydrogen (secondary N) is 1. The molecule has 0 atom stereocenters. The van der Waals surface area contributed by atoms with Crippen molar-refractivity contribution in [1.82, 2.24) is 14.8 Å². The number of para-hydroxylation sites is 1. The van der Waals surface area contributed by atoms with Crippen LogP contribution in [-0.2, 0) is 4.79 Å². The predicted octanol–water partition coefficient (Wildman–Crippen LogP) is 2.25. The largest absolute Gasteiger partial charge is 0.310 e. The van der Waals surface area contributed by atoms with Gasteiger partial charge in [-0.1, -0.05) is 18.2 Å². The molecule has 0 aliphatic heterocycles. The number of fused-ring (bicyclic) bond motifs is 1. The van der Waals surface area contributed by atoms with Gasteiger partial charge in [-0.3, -0.25) is 4.79 Å². The minimum atomic E-state index is -0.269. The Morgan fingerprint density at radius 1 is 1.29 bits per heavy atom. The first-order valence-corrected chi connectivity index (χ1v) is 6.31. The molecule has 0 fully saturated rings. The summed E-state index contributed by atoms with van der Waals surface area (Å²) in [5, 5.41) is 16.9. The zero-order chi connectivity index (χ0) is 14.8. The van der Waals surface area contributed by atoms with Crippen LogP contribution in [0, 0.1) is 11.3 Å². The van der Waals surface area contributed by atoms with Crippen molar-refractivity contribution in [3.8, 4) is 11.9 Å². The van der Waals surface area contributed by atoms with E-state index in [1.165, 1.54) is 17.8 Å². The van der Waals surface area contributed by atoms with Gasteiger partial charge < -0.3 is 5.32 Å². The Morgan fingerprint density at radius 2 is 2.10 bits per heavy atom. The van der Waals surface area contributed by atoms with Gasteiger partial charge in [0.1, 0.15) is 11.6 Å². The highest BCUT2D eigenvalue weighted by Crippen LogP contribution is 2.20. The highest BCUT2D eigenvalue weighted by atomic mass is 16.1. The first kappa shape index (κ1) is 12.8. The van der Waals surface area contributed by atoms with E-state index in [2.05, 4.69) is 15.4 Å². The number of carbonyl (C=O) groups excluding carboxylic acids is 1. The van der Waals surface area contributed by atoms with E-state index in [0.717, 1.165) is 10.9 Å². The predicted molar refractivity (Wildman–Crippen MR) is 77.9 cm³/mol. The van der Waals surface area contributed by atoms with Crippen LogP contribution in [0.4, 0.5) is 5.82 Å². The van der Waals surface area contributed by atoms with Crippen LogP contribution in [0.25, 0.3) is 16.7 Å². The molecule has 6 nitrogen and oxygen atoms in total. The molecule has 1 N–H and O–H groups in total.